The minimum atomic E-state index is -2.42. The Bertz CT molecular complexity index is 1140. The Balaban J connectivity index is 3.41. The second kappa shape index (κ2) is 19.5. The quantitative estimate of drug-likeness (QED) is 0.0927. The predicted molar refractivity (Wildman–Crippen MR) is 194 cm³/mol. The molecule has 0 aliphatic rings. The smallest absolute Gasteiger partial charge is 0.407 e. The first kappa shape index (κ1) is 43.4. The van der Waals surface area contributed by atoms with Gasteiger partial charge in [-0.15, -0.1) is 0 Å². The van der Waals surface area contributed by atoms with Gasteiger partial charge < -0.3 is 34.4 Å². The zero-order chi connectivity index (χ0) is 36.9. The number of carbonyl (C=O) groups is 3. The topological polar surface area (TPSA) is 132 Å². The van der Waals surface area contributed by atoms with E-state index in [0.717, 1.165) is 12.8 Å². The van der Waals surface area contributed by atoms with E-state index in [4.69, 9.17) is 18.6 Å². The Morgan fingerprint density at radius 1 is 0.896 bits per heavy atom. The van der Waals surface area contributed by atoms with Gasteiger partial charge in [-0.1, -0.05) is 60.6 Å². The second-order valence-corrected chi connectivity index (χ2v) is 20.8. The zero-order valence-electron chi connectivity index (χ0n) is 32.0. The third-order valence-electron chi connectivity index (χ3n) is 9.17. The number of hydrogen-bond donors (Lipinski definition) is 3. The van der Waals surface area contributed by atoms with Crippen molar-refractivity contribution in [3.8, 4) is 5.75 Å². The van der Waals surface area contributed by atoms with E-state index < -0.39 is 44.0 Å². The molecule has 0 spiro atoms. The van der Waals surface area contributed by atoms with E-state index in [-0.39, 0.29) is 35.1 Å². The van der Waals surface area contributed by atoms with Gasteiger partial charge in [-0.3, -0.25) is 9.59 Å². The van der Waals surface area contributed by atoms with Crippen LogP contribution in [0.5, 0.6) is 5.75 Å². The highest BCUT2D eigenvalue weighted by molar-refractivity contribution is 6.74. The molecule has 3 N–H and O–H groups in total. The Kier molecular flexibility index (Phi) is 17.7. The summed E-state index contributed by atoms with van der Waals surface area (Å²) in [6, 6.07) is 6.63. The van der Waals surface area contributed by atoms with Crippen LogP contribution >= 0.6 is 0 Å². The number of carboxylic acid groups (broad SMARTS) is 1. The predicted octanol–water partition coefficient (Wildman–Crippen LogP) is 7.91. The summed E-state index contributed by atoms with van der Waals surface area (Å²) in [5.41, 5.74) is -0.271. The molecule has 0 saturated heterocycles. The minimum absolute atomic E-state index is 0.0798. The lowest BCUT2D eigenvalue weighted by Crippen LogP contribution is -2.54. The van der Waals surface area contributed by atoms with Crippen LogP contribution in [0.15, 0.2) is 24.3 Å². The fraction of sp³-hybridized carbons (Fsp3) is 0.757. The molecule has 1 rings (SSSR count). The summed E-state index contributed by atoms with van der Waals surface area (Å²) in [7, 11) is -0.757. The number of alkyl carbamates (subject to hydrolysis) is 1. The van der Waals surface area contributed by atoms with Crippen molar-refractivity contribution in [3.63, 3.8) is 0 Å². The monoisotopic (exact) mass is 694 g/mol. The lowest BCUT2D eigenvalue weighted by molar-refractivity contribution is -0.144. The third-order valence-corrected chi connectivity index (χ3v) is 13.7. The molecule has 1 aromatic carbocycles. The molecule has 0 fully saturated rings. The normalized spacial score (nSPS) is 15.1. The molecule has 0 aromatic heterocycles. The molecule has 0 saturated carbocycles. The maximum absolute atomic E-state index is 13.5. The maximum atomic E-state index is 13.5. The number of ether oxygens (including phenoxy) is 3. The third kappa shape index (κ3) is 15.3. The van der Waals surface area contributed by atoms with Gasteiger partial charge in [0.2, 0.25) is 0 Å². The van der Waals surface area contributed by atoms with Gasteiger partial charge in [0.05, 0.1) is 30.2 Å². The van der Waals surface area contributed by atoms with Gasteiger partial charge >= 0.3 is 12.1 Å². The first-order valence-corrected chi connectivity index (χ1v) is 20.4. The molecule has 0 radical (unpaired) electrons. The molecule has 11 heteroatoms. The van der Waals surface area contributed by atoms with Crippen molar-refractivity contribution in [1.29, 1.82) is 0 Å². The summed E-state index contributed by atoms with van der Waals surface area (Å²) >= 11 is 0. The first-order chi connectivity index (χ1) is 22.1. The van der Waals surface area contributed by atoms with E-state index in [9.17, 15) is 19.5 Å². The van der Waals surface area contributed by atoms with Crippen LogP contribution in [0.3, 0.4) is 0 Å². The summed E-state index contributed by atoms with van der Waals surface area (Å²) in [6.07, 6.45) is 1.17. The Hall–Kier alpha value is -2.63. The van der Waals surface area contributed by atoms with Crippen molar-refractivity contribution in [3.05, 3.63) is 29.8 Å². The van der Waals surface area contributed by atoms with E-state index in [1.54, 1.807) is 40.0 Å². The summed E-state index contributed by atoms with van der Waals surface area (Å²) in [5, 5.41) is 16.2. The number of rotatable bonds is 20. The maximum Gasteiger partial charge on any atom is 0.407 e. The van der Waals surface area contributed by atoms with Crippen LogP contribution in [0.2, 0.25) is 18.1 Å². The van der Waals surface area contributed by atoms with E-state index >= 15 is 0 Å². The van der Waals surface area contributed by atoms with Gasteiger partial charge in [0, 0.05) is 20.3 Å². The van der Waals surface area contributed by atoms with Gasteiger partial charge in [-0.05, 0) is 94.5 Å². The fourth-order valence-corrected chi connectivity index (χ4v) is 6.44. The van der Waals surface area contributed by atoms with Crippen LogP contribution in [0.25, 0.3) is 0 Å². The largest absolute Gasteiger partial charge is 0.493 e. The molecule has 48 heavy (non-hydrogen) atoms. The molecule has 1 aromatic rings. The van der Waals surface area contributed by atoms with Gasteiger partial charge in [0.15, 0.2) is 8.32 Å². The molecule has 0 aliphatic carbocycles. The molecule has 276 valence electrons. The Morgan fingerprint density at radius 2 is 1.50 bits per heavy atom. The van der Waals surface area contributed by atoms with E-state index in [1.807, 2.05) is 26.0 Å². The number of unbranched alkanes of at least 4 members (excludes halogenated alkanes) is 1. The van der Waals surface area contributed by atoms with E-state index in [0.29, 0.717) is 37.5 Å². The molecule has 4 unspecified atom stereocenters. The molecule has 0 heterocycles. The average molecular weight is 695 g/mol. The number of hydrogen-bond acceptors (Lipinski definition) is 7. The lowest BCUT2D eigenvalue weighted by atomic mass is 9.83. The average Bonchev–Trinajstić information content (AvgIpc) is 2.94. The number of para-hydroxylation sites is 1. The standard InChI is InChI=1S/C37H66N2O8Si/c1-25(2)27(24-38-33(40)28-18-14-15-19-31(28)45-21-17-16-20-44-11)22-30(39-35(43)46-36(5,6)7)32(23-29(26(3)4)34(41)42)47-48(12,13)37(8,9)10/h14-15,18-19,25-27,29-30,32H,16-17,20-24H2,1-13H3,(H,38,40)(H,39,43)(H,41,42). The highest BCUT2D eigenvalue weighted by Gasteiger charge is 2.43. The van der Waals surface area contributed by atoms with Crippen LogP contribution in [-0.2, 0) is 18.7 Å². The highest BCUT2D eigenvalue weighted by Crippen LogP contribution is 2.39. The molecule has 0 aliphatic heterocycles. The molecule has 0 bridgehead atoms. The second-order valence-electron chi connectivity index (χ2n) is 16.1. The number of amides is 2. The lowest BCUT2D eigenvalue weighted by Gasteiger charge is -2.43. The van der Waals surface area contributed by atoms with Crippen molar-refractivity contribution >= 4 is 26.3 Å². The molecule has 4 atom stereocenters. The number of benzene rings is 1. The summed E-state index contributed by atoms with van der Waals surface area (Å²) in [6.45, 7) is 25.5. The first-order valence-electron chi connectivity index (χ1n) is 17.5. The van der Waals surface area contributed by atoms with Crippen LogP contribution < -0.4 is 15.4 Å². The fourth-order valence-electron chi connectivity index (χ4n) is 5.07. The van der Waals surface area contributed by atoms with Crippen molar-refractivity contribution in [1.82, 2.24) is 10.6 Å². The van der Waals surface area contributed by atoms with Gasteiger partial charge in [-0.25, -0.2) is 4.79 Å². The summed E-state index contributed by atoms with van der Waals surface area (Å²) in [4.78, 5) is 39.2. The van der Waals surface area contributed by atoms with Crippen molar-refractivity contribution in [2.24, 2.45) is 23.7 Å². The number of nitrogens with one attached hydrogen (secondary N) is 2. The molecule has 10 nitrogen and oxygen atoms in total. The van der Waals surface area contributed by atoms with Crippen LogP contribution in [0.1, 0.15) is 105 Å². The Morgan fingerprint density at radius 3 is 2.02 bits per heavy atom. The van der Waals surface area contributed by atoms with Crippen molar-refractivity contribution in [2.45, 2.75) is 131 Å². The van der Waals surface area contributed by atoms with Crippen molar-refractivity contribution in [2.75, 3.05) is 26.9 Å². The molecular weight excluding hydrogens is 628 g/mol. The molecular formula is C37H66N2O8Si. The van der Waals surface area contributed by atoms with Crippen molar-refractivity contribution < 1.29 is 38.1 Å². The number of carboxylic acids is 1. The van der Waals surface area contributed by atoms with Crippen LogP contribution in [0, 0.1) is 23.7 Å². The number of aliphatic carboxylic acids is 1. The zero-order valence-corrected chi connectivity index (χ0v) is 33.0. The molecule has 2 amide bonds. The minimum Gasteiger partial charge on any atom is -0.493 e. The Labute approximate surface area is 291 Å². The number of methoxy groups -OCH3 is 1. The van der Waals surface area contributed by atoms with Gasteiger partial charge in [-0.2, -0.15) is 0 Å². The highest BCUT2D eigenvalue weighted by atomic mass is 28.4. The SMILES string of the molecule is COCCCCOc1ccccc1C(=O)NCC(CC(NC(=O)OC(C)(C)C)C(CC(C(=O)O)C(C)C)O[Si](C)(C)C(C)(C)C)C(C)C. The van der Waals surface area contributed by atoms with Gasteiger partial charge in [0.25, 0.3) is 5.91 Å². The van der Waals surface area contributed by atoms with Gasteiger partial charge in [0.1, 0.15) is 11.4 Å². The summed E-state index contributed by atoms with van der Waals surface area (Å²) in [5.74, 6) is -1.39. The van der Waals surface area contributed by atoms with Crippen LogP contribution in [0.4, 0.5) is 4.79 Å². The van der Waals surface area contributed by atoms with Crippen LogP contribution in [-0.4, -0.2) is 76.0 Å². The van der Waals surface area contributed by atoms with E-state index in [1.165, 1.54) is 0 Å². The number of carbonyl (C=O) groups excluding carboxylic acids is 2. The van der Waals surface area contributed by atoms with E-state index in [2.05, 4.69) is 58.3 Å². The summed E-state index contributed by atoms with van der Waals surface area (Å²) < 4.78 is 23.7.